The third-order valence-corrected chi connectivity index (χ3v) is 1.99. The van der Waals surface area contributed by atoms with Gasteiger partial charge in [0.25, 0.3) is 0 Å². The average molecular weight is 208 g/mol. The first-order valence-corrected chi connectivity index (χ1v) is 4.03. The van der Waals surface area contributed by atoms with E-state index in [0.717, 1.165) is 6.07 Å². The van der Waals surface area contributed by atoms with Crippen LogP contribution in [-0.4, -0.2) is 28.4 Å². The molecule has 0 fully saturated rings. The van der Waals surface area contributed by atoms with E-state index in [2.05, 4.69) is 0 Å². The molecule has 0 amide bonds. The van der Waals surface area contributed by atoms with E-state index in [0.29, 0.717) is 11.8 Å². The number of benzene rings is 1. The molecule has 0 heterocycles. The minimum Gasteiger partial charge on any atom is -0.478 e. The largest absolute Gasteiger partial charge is 0.478 e. The highest BCUT2D eigenvalue weighted by atomic mass is 16.4. The number of aryl methyl sites for hydroxylation is 1. The summed E-state index contributed by atoms with van der Waals surface area (Å²) in [5.41, 5.74) is -0.0781. The van der Waals surface area contributed by atoms with Crippen LogP contribution in [0.1, 0.15) is 36.6 Å². The van der Waals surface area contributed by atoms with Crippen molar-refractivity contribution in [2.24, 2.45) is 0 Å². The number of aldehydes is 1. The van der Waals surface area contributed by atoms with Crippen molar-refractivity contribution in [1.29, 1.82) is 0 Å². The molecule has 0 spiro atoms. The Morgan fingerprint density at radius 3 is 2.00 bits per heavy atom. The molecule has 0 bridgehead atoms. The van der Waals surface area contributed by atoms with Gasteiger partial charge in [-0.1, -0.05) is 0 Å². The SMILES string of the molecule is Cc1cc(C(=O)O)c(C(=O)O)cc1C=O. The quantitative estimate of drug-likeness (QED) is 0.728. The Kier molecular flexibility index (Phi) is 2.85. The zero-order valence-electron chi connectivity index (χ0n) is 7.85. The monoisotopic (exact) mass is 208 g/mol. The summed E-state index contributed by atoms with van der Waals surface area (Å²) in [4.78, 5) is 32.0. The number of carbonyl (C=O) groups is 3. The second kappa shape index (κ2) is 3.91. The molecule has 0 aliphatic heterocycles. The summed E-state index contributed by atoms with van der Waals surface area (Å²) in [6.07, 6.45) is 0.493. The van der Waals surface area contributed by atoms with E-state index >= 15 is 0 Å². The van der Waals surface area contributed by atoms with Crippen LogP contribution in [0.15, 0.2) is 12.1 Å². The molecule has 0 saturated carbocycles. The molecule has 1 aromatic carbocycles. The van der Waals surface area contributed by atoms with Crippen LogP contribution >= 0.6 is 0 Å². The third-order valence-electron chi connectivity index (χ3n) is 1.99. The van der Waals surface area contributed by atoms with Crippen molar-refractivity contribution >= 4 is 18.2 Å². The van der Waals surface area contributed by atoms with E-state index in [1.807, 2.05) is 0 Å². The first-order chi connectivity index (χ1) is 6.97. The van der Waals surface area contributed by atoms with Gasteiger partial charge >= 0.3 is 11.9 Å². The van der Waals surface area contributed by atoms with E-state index in [9.17, 15) is 14.4 Å². The van der Waals surface area contributed by atoms with Crippen LogP contribution in [0.5, 0.6) is 0 Å². The predicted octanol–water partition coefficient (Wildman–Crippen LogP) is 1.20. The van der Waals surface area contributed by atoms with Gasteiger partial charge in [-0.05, 0) is 24.6 Å². The molecule has 5 nitrogen and oxygen atoms in total. The topological polar surface area (TPSA) is 91.7 Å². The molecule has 1 rings (SSSR count). The number of carboxylic acid groups (broad SMARTS) is 2. The minimum absolute atomic E-state index is 0.178. The van der Waals surface area contributed by atoms with Gasteiger partial charge in [0.15, 0.2) is 0 Å². The van der Waals surface area contributed by atoms with Crippen LogP contribution < -0.4 is 0 Å². The number of carboxylic acids is 2. The molecule has 0 saturated heterocycles. The Morgan fingerprint density at radius 1 is 1.13 bits per heavy atom. The van der Waals surface area contributed by atoms with Crippen molar-refractivity contribution in [3.05, 3.63) is 34.4 Å². The van der Waals surface area contributed by atoms with E-state index in [-0.39, 0.29) is 16.7 Å². The molecule has 0 radical (unpaired) electrons. The minimum atomic E-state index is -1.37. The van der Waals surface area contributed by atoms with E-state index in [4.69, 9.17) is 10.2 Å². The van der Waals surface area contributed by atoms with Gasteiger partial charge in [0, 0.05) is 5.56 Å². The van der Waals surface area contributed by atoms with Crippen molar-refractivity contribution in [3.63, 3.8) is 0 Å². The van der Waals surface area contributed by atoms with E-state index in [1.165, 1.54) is 6.07 Å². The average Bonchev–Trinajstić information content (AvgIpc) is 2.16. The summed E-state index contributed by atoms with van der Waals surface area (Å²) in [5, 5.41) is 17.5. The van der Waals surface area contributed by atoms with Crippen LogP contribution in [0.2, 0.25) is 0 Å². The fraction of sp³-hybridized carbons (Fsp3) is 0.100. The maximum Gasteiger partial charge on any atom is 0.336 e. The van der Waals surface area contributed by atoms with Gasteiger partial charge in [0.05, 0.1) is 11.1 Å². The highest BCUT2D eigenvalue weighted by molar-refractivity contribution is 6.03. The van der Waals surface area contributed by atoms with Crippen molar-refractivity contribution in [2.45, 2.75) is 6.92 Å². The second-order valence-electron chi connectivity index (χ2n) is 2.98. The highest BCUT2D eigenvalue weighted by Gasteiger charge is 2.17. The highest BCUT2D eigenvalue weighted by Crippen LogP contribution is 2.15. The van der Waals surface area contributed by atoms with Gasteiger partial charge in [-0.2, -0.15) is 0 Å². The number of hydrogen-bond donors (Lipinski definition) is 2. The van der Waals surface area contributed by atoms with Crippen LogP contribution in [0.4, 0.5) is 0 Å². The lowest BCUT2D eigenvalue weighted by atomic mass is 10.00. The summed E-state index contributed by atoms with van der Waals surface area (Å²) in [6, 6.07) is 2.24. The summed E-state index contributed by atoms with van der Waals surface area (Å²) in [7, 11) is 0. The third kappa shape index (κ3) is 2.01. The lowest BCUT2D eigenvalue weighted by Gasteiger charge is -2.05. The van der Waals surface area contributed by atoms with E-state index < -0.39 is 11.9 Å². The van der Waals surface area contributed by atoms with Crippen molar-refractivity contribution in [2.75, 3.05) is 0 Å². The fourth-order valence-corrected chi connectivity index (χ4v) is 1.21. The first kappa shape index (κ1) is 10.9. The first-order valence-electron chi connectivity index (χ1n) is 4.03. The summed E-state index contributed by atoms with van der Waals surface area (Å²) in [5.74, 6) is -2.69. The molecule has 78 valence electrons. The zero-order chi connectivity index (χ0) is 11.6. The molecule has 0 aliphatic rings. The molecule has 0 unspecified atom stereocenters. The van der Waals surface area contributed by atoms with Crippen LogP contribution in [0.3, 0.4) is 0 Å². The van der Waals surface area contributed by atoms with Crippen LogP contribution in [-0.2, 0) is 0 Å². The maximum absolute atomic E-state index is 10.7. The summed E-state index contributed by atoms with van der Waals surface area (Å²) in [6.45, 7) is 1.54. The van der Waals surface area contributed by atoms with Crippen LogP contribution in [0, 0.1) is 6.92 Å². The number of aromatic carboxylic acids is 2. The molecule has 2 N–H and O–H groups in total. The Morgan fingerprint density at radius 2 is 1.60 bits per heavy atom. The van der Waals surface area contributed by atoms with Crippen LogP contribution in [0.25, 0.3) is 0 Å². The lowest BCUT2D eigenvalue weighted by molar-refractivity contribution is 0.0651. The maximum atomic E-state index is 10.7. The second-order valence-corrected chi connectivity index (χ2v) is 2.98. The van der Waals surface area contributed by atoms with Crippen molar-refractivity contribution in [1.82, 2.24) is 0 Å². The number of rotatable bonds is 3. The van der Waals surface area contributed by atoms with Gasteiger partial charge in [-0.3, -0.25) is 4.79 Å². The lowest BCUT2D eigenvalue weighted by Crippen LogP contribution is -2.09. The Hall–Kier alpha value is -2.17. The standard InChI is InChI=1S/C10H8O5/c1-5-2-7(9(12)13)8(10(14)15)3-6(5)4-11/h2-4H,1H3,(H,12,13)(H,14,15). The fourth-order valence-electron chi connectivity index (χ4n) is 1.21. The zero-order valence-corrected chi connectivity index (χ0v) is 7.85. The molecule has 1 aromatic rings. The molecule has 0 atom stereocenters. The normalized spacial score (nSPS) is 9.67. The molecule has 0 aliphatic carbocycles. The Labute approximate surface area is 85.0 Å². The van der Waals surface area contributed by atoms with Crippen molar-refractivity contribution < 1.29 is 24.6 Å². The molecular weight excluding hydrogens is 200 g/mol. The Balaban J connectivity index is 3.52. The van der Waals surface area contributed by atoms with Gasteiger partial charge < -0.3 is 10.2 Å². The van der Waals surface area contributed by atoms with E-state index in [1.54, 1.807) is 6.92 Å². The van der Waals surface area contributed by atoms with Crippen molar-refractivity contribution in [3.8, 4) is 0 Å². The summed E-state index contributed by atoms with van der Waals surface area (Å²) < 4.78 is 0. The smallest absolute Gasteiger partial charge is 0.336 e. The van der Waals surface area contributed by atoms with Gasteiger partial charge in [0.1, 0.15) is 6.29 Å². The molecule has 0 aromatic heterocycles. The summed E-state index contributed by atoms with van der Waals surface area (Å²) >= 11 is 0. The van der Waals surface area contributed by atoms with Gasteiger partial charge in [-0.25, -0.2) is 9.59 Å². The number of hydrogen-bond acceptors (Lipinski definition) is 3. The molecular formula is C10H8O5. The molecule has 5 heteroatoms. The predicted molar refractivity (Wildman–Crippen MR) is 50.5 cm³/mol. The Bertz CT molecular complexity index is 447. The van der Waals surface area contributed by atoms with Gasteiger partial charge in [0.2, 0.25) is 0 Å². The molecule has 15 heavy (non-hydrogen) atoms. The number of carbonyl (C=O) groups excluding carboxylic acids is 1. The van der Waals surface area contributed by atoms with Gasteiger partial charge in [-0.15, -0.1) is 0 Å².